The molecule has 3 amide bonds. The van der Waals surface area contributed by atoms with E-state index in [1.54, 1.807) is 13.8 Å². The zero-order valence-corrected chi connectivity index (χ0v) is 15.9. The van der Waals surface area contributed by atoms with E-state index in [1.807, 2.05) is 0 Å². The fourth-order valence-corrected chi connectivity index (χ4v) is 4.37. The van der Waals surface area contributed by atoms with Gasteiger partial charge in [0.25, 0.3) is 11.8 Å². The number of thiophene rings is 2. The van der Waals surface area contributed by atoms with E-state index in [-0.39, 0.29) is 15.5 Å². The summed E-state index contributed by atoms with van der Waals surface area (Å²) in [7, 11) is 1.15. The van der Waals surface area contributed by atoms with E-state index in [0.717, 1.165) is 23.3 Å². The number of anilines is 1. The fraction of sp³-hybridized carbons (Fsp3) is 0.214. The molecule has 24 heavy (non-hydrogen) atoms. The van der Waals surface area contributed by atoms with Crippen LogP contribution in [0.5, 0.6) is 0 Å². The number of carbonyl (C=O) groups excluding carboxylic acids is 3. The van der Waals surface area contributed by atoms with Crippen molar-refractivity contribution in [2.24, 2.45) is 0 Å². The first kappa shape index (κ1) is 18.7. The Morgan fingerprint density at radius 2 is 1.79 bits per heavy atom. The van der Waals surface area contributed by atoms with Gasteiger partial charge in [-0.25, -0.2) is 4.79 Å². The Balaban J connectivity index is 2.32. The Hall–Kier alpha value is -1.61. The third-order valence-electron chi connectivity index (χ3n) is 3.14. The summed E-state index contributed by atoms with van der Waals surface area (Å²) in [5.74, 6) is -1.15. The molecule has 0 unspecified atom stereocenters. The van der Waals surface area contributed by atoms with Gasteiger partial charge in [-0.1, -0.05) is 23.2 Å². The highest BCUT2D eigenvalue weighted by Gasteiger charge is 2.24. The zero-order valence-electron chi connectivity index (χ0n) is 12.8. The summed E-state index contributed by atoms with van der Waals surface area (Å²) in [5, 5.41) is 5.04. The lowest BCUT2D eigenvalue weighted by atomic mass is 10.1. The summed E-state index contributed by atoms with van der Waals surface area (Å²) in [4.78, 5) is 36.7. The van der Waals surface area contributed by atoms with Gasteiger partial charge in [0.1, 0.15) is 9.34 Å². The molecule has 0 spiro atoms. The molecular formula is C14H12Cl2N2O4S2. The van der Waals surface area contributed by atoms with Crippen LogP contribution in [-0.2, 0) is 4.74 Å². The van der Waals surface area contributed by atoms with Crippen molar-refractivity contribution in [3.05, 3.63) is 36.3 Å². The summed E-state index contributed by atoms with van der Waals surface area (Å²) in [6, 6.07) is 1.45. The molecule has 0 fully saturated rings. The molecule has 2 heterocycles. The van der Waals surface area contributed by atoms with E-state index in [2.05, 4.69) is 15.4 Å². The number of hydrogen-bond acceptors (Lipinski definition) is 6. The Labute approximate surface area is 155 Å². The van der Waals surface area contributed by atoms with Gasteiger partial charge in [-0.3, -0.25) is 14.9 Å². The molecule has 2 aromatic heterocycles. The van der Waals surface area contributed by atoms with Crippen molar-refractivity contribution >= 4 is 68.8 Å². The number of carbonyl (C=O) groups is 3. The van der Waals surface area contributed by atoms with Crippen LogP contribution in [0.4, 0.5) is 9.80 Å². The van der Waals surface area contributed by atoms with Crippen molar-refractivity contribution in [1.82, 2.24) is 5.32 Å². The van der Waals surface area contributed by atoms with Gasteiger partial charge in [-0.05, 0) is 25.5 Å². The maximum Gasteiger partial charge on any atom is 0.413 e. The molecule has 2 N–H and O–H groups in total. The predicted octanol–water partition coefficient (Wildman–Crippen LogP) is 4.48. The quantitative estimate of drug-likeness (QED) is 0.786. The molecule has 128 valence electrons. The number of alkyl carbamates (subject to hydrolysis) is 1. The average molecular weight is 407 g/mol. The van der Waals surface area contributed by atoms with Gasteiger partial charge >= 0.3 is 6.09 Å². The molecule has 0 radical (unpaired) electrons. The third-order valence-corrected chi connectivity index (χ3v) is 5.75. The number of nitrogens with one attached hydrogen (secondary N) is 2. The maximum absolute atomic E-state index is 12.4. The summed E-state index contributed by atoms with van der Waals surface area (Å²) in [6.07, 6.45) is -0.881. The van der Waals surface area contributed by atoms with Crippen LogP contribution in [0.2, 0.25) is 8.67 Å². The minimum absolute atomic E-state index is 0.202. The third kappa shape index (κ3) is 3.89. The van der Waals surface area contributed by atoms with Crippen LogP contribution in [0.15, 0.2) is 6.07 Å². The average Bonchev–Trinajstić information content (AvgIpc) is 2.98. The second-order valence-electron chi connectivity index (χ2n) is 4.63. The Morgan fingerprint density at radius 1 is 1.12 bits per heavy atom. The Morgan fingerprint density at radius 3 is 2.33 bits per heavy atom. The molecule has 0 saturated carbocycles. The van der Waals surface area contributed by atoms with Gasteiger partial charge in [0.05, 0.1) is 22.6 Å². The van der Waals surface area contributed by atoms with Crippen LogP contribution in [0.1, 0.15) is 31.2 Å². The van der Waals surface area contributed by atoms with E-state index in [1.165, 1.54) is 17.4 Å². The fourth-order valence-electron chi connectivity index (χ4n) is 1.86. The largest absolute Gasteiger partial charge is 0.453 e. The van der Waals surface area contributed by atoms with Crippen molar-refractivity contribution in [3.63, 3.8) is 0 Å². The molecule has 0 atom stereocenters. The predicted molar refractivity (Wildman–Crippen MR) is 96.0 cm³/mol. The molecule has 0 aliphatic carbocycles. The molecule has 0 aliphatic heterocycles. The van der Waals surface area contributed by atoms with E-state index in [9.17, 15) is 14.4 Å². The summed E-state index contributed by atoms with van der Waals surface area (Å²) in [6.45, 7) is 3.53. The van der Waals surface area contributed by atoms with Crippen molar-refractivity contribution in [2.75, 3.05) is 12.4 Å². The van der Waals surface area contributed by atoms with Crippen LogP contribution in [0, 0.1) is 13.8 Å². The van der Waals surface area contributed by atoms with Gasteiger partial charge < -0.3 is 10.1 Å². The lowest BCUT2D eigenvalue weighted by Crippen LogP contribution is -2.31. The van der Waals surface area contributed by atoms with E-state index in [0.29, 0.717) is 14.9 Å². The highest BCUT2D eigenvalue weighted by molar-refractivity contribution is 7.20. The number of aryl methyl sites for hydroxylation is 1. The molecule has 2 aromatic rings. The first-order chi connectivity index (χ1) is 11.2. The first-order valence-corrected chi connectivity index (χ1v) is 8.89. The Kier molecular flexibility index (Phi) is 5.87. The SMILES string of the molecule is COC(=O)NC(=O)c1c(NC(=O)c2cc(Cl)sc2Cl)sc(C)c1C. The number of ether oxygens (including phenoxy) is 1. The molecule has 10 heteroatoms. The van der Waals surface area contributed by atoms with Crippen LogP contribution < -0.4 is 10.6 Å². The normalized spacial score (nSPS) is 10.4. The number of rotatable bonds is 3. The van der Waals surface area contributed by atoms with Gasteiger partial charge in [0, 0.05) is 4.88 Å². The number of imide groups is 1. The number of methoxy groups -OCH3 is 1. The topological polar surface area (TPSA) is 84.5 Å². The second kappa shape index (κ2) is 7.52. The number of amides is 3. The molecule has 2 rings (SSSR count). The zero-order chi connectivity index (χ0) is 18.0. The first-order valence-electron chi connectivity index (χ1n) is 6.50. The van der Waals surface area contributed by atoms with E-state index in [4.69, 9.17) is 23.2 Å². The van der Waals surface area contributed by atoms with Crippen LogP contribution in [0.3, 0.4) is 0 Å². The summed E-state index contributed by atoms with van der Waals surface area (Å²) in [5.41, 5.74) is 1.08. The van der Waals surface area contributed by atoms with Crippen LogP contribution in [0.25, 0.3) is 0 Å². The molecule has 0 aliphatic rings. The van der Waals surface area contributed by atoms with Crippen LogP contribution >= 0.6 is 45.9 Å². The maximum atomic E-state index is 12.4. The number of hydrogen-bond donors (Lipinski definition) is 2. The van der Waals surface area contributed by atoms with Gasteiger partial charge in [0.2, 0.25) is 0 Å². The lowest BCUT2D eigenvalue weighted by Gasteiger charge is -2.07. The lowest BCUT2D eigenvalue weighted by molar-refractivity contribution is 0.0937. The monoisotopic (exact) mass is 406 g/mol. The minimum atomic E-state index is -0.881. The standard InChI is InChI=1S/C14H12Cl2N2O4S2/c1-5-6(2)23-13(9(5)12(20)18-14(21)22-3)17-11(19)7-4-8(15)24-10(7)16/h4H,1-3H3,(H,17,19)(H,18,20,21). The van der Waals surface area contributed by atoms with Gasteiger partial charge in [-0.2, -0.15) is 0 Å². The summed E-state index contributed by atoms with van der Waals surface area (Å²) < 4.78 is 5.05. The smallest absolute Gasteiger partial charge is 0.413 e. The van der Waals surface area contributed by atoms with E-state index >= 15 is 0 Å². The minimum Gasteiger partial charge on any atom is -0.453 e. The molecule has 6 nitrogen and oxygen atoms in total. The van der Waals surface area contributed by atoms with Crippen LogP contribution in [-0.4, -0.2) is 25.0 Å². The van der Waals surface area contributed by atoms with Gasteiger partial charge in [0.15, 0.2) is 0 Å². The highest BCUT2D eigenvalue weighted by Crippen LogP contribution is 2.35. The van der Waals surface area contributed by atoms with Crippen molar-refractivity contribution in [2.45, 2.75) is 13.8 Å². The Bertz CT molecular complexity index is 829. The molecular weight excluding hydrogens is 395 g/mol. The highest BCUT2D eigenvalue weighted by atomic mass is 35.5. The van der Waals surface area contributed by atoms with Crippen molar-refractivity contribution < 1.29 is 19.1 Å². The van der Waals surface area contributed by atoms with Crippen molar-refractivity contribution in [3.8, 4) is 0 Å². The van der Waals surface area contributed by atoms with Gasteiger partial charge in [-0.15, -0.1) is 22.7 Å². The van der Waals surface area contributed by atoms with Crippen molar-refractivity contribution in [1.29, 1.82) is 0 Å². The molecule has 0 bridgehead atoms. The molecule has 0 saturated heterocycles. The summed E-state index contributed by atoms with van der Waals surface area (Å²) >= 11 is 14.1. The van der Waals surface area contributed by atoms with E-state index < -0.39 is 17.9 Å². The number of halogens is 2. The molecule has 0 aromatic carbocycles. The second-order valence-corrected chi connectivity index (χ2v) is 8.14.